The summed E-state index contributed by atoms with van der Waals surface area (Å²) in [4.78, 5) is 19.5. The Labute approximate surface area is 230 Å². The Kier molecular flexibility index (Phi) is 8.51. The van der Waals surface area contributed by atoms with Crippen LogP contribution in [0.2, 0.25) is 0 Å². The molecule has 9 nitrogen and oxygen atoms in total. The first-order chi connectivity index (χ1) is 18.7. The van der Waals surface area contributed by atoms with Crippen molar-refractivity contribution in [3.05, 3.63) is 41.0 Å². The summed E-state index contributed by atoms with van der Waals surface area (Å²) >= 11 is 0. The molecule has 2 saturated heterocycles. The van der Waals surface area contributed by atoms with Crippen LogP contribution >= 0.6 is 0 Å². The molecule has 0 saturated carbocycles. The molecule has 4 unspecified atom stereocenters. The van der Waals surface area contributed by atoms with Crippen molar-refractivity contribution in [3.63, 3.8) is 0 Å². The predicted octanol–water partition coefficient (Wildman–Crippen LogP) is 4.01. The highest BCUT2D eigenvalue weighted by atomic mass is 19.4. The van der Waals surface area contributed by atoms with Gasteiger partial charge in [0.2, 0.25) is 0 Å². The highest BCUT2D eigenvalue weighted by Gasteiger charge is 2.66. The number of carbonyl (C=O) groups excluding carboxylic acids is 1. The quantitative estimate of drug-likeness (QED) is 0.371. The lowest BCUT2D eigenvalue weighted by molar-refractivity contribution is -0.272. The minimum Gasteiger partial charge on any atom is -0.491 e. The van der Waals surface area contributed by atoms with Crippen LogP contribution in [0.5, 0.6) is 5.75 Å². The molecule has 40 heavy (non-hydrogen) atoms. The van der Waals surface area contributed by atoms with Crippen LogP contribution in [0.25, 0.3) is 0 Å². The molecule has 0 aliphatic carbocycles. The first kappa shape index (κ1) is 30.2. The summed E-state index contributed by atoms with van der Waals surface area (Å²) in [5.74, 6) is -4.47. The largest absolute Gasteiger partial charge is 0.491 e. The third-order valence-corrected chi connectivity index (χ3v) is 7.60. The zero-order valence-electron chi connectivity index (χ0n) is 23.3. The van der Waals surface area contributed by atoms with Crippen molar-refractivity contribution in [2.24, 2.45) is 10.9 Å². The number of hydrogen-bond donors (Lipinski definition) is 1. The number of allylic oxidation sites excluding steroid dienone is 1. The fraction of sp³-hybridized carbons (Fsp3) is 0.630. The number of aliphatic imine (C=N–C) groups is 1. The topological polar surface area (TPSA) is 90.9 Å². The Hall–Kier alpha value is -2.74. The van der Waals surface area contributed by atoms with Crippen molar-refractivity contribution in [1.82, 2.24) is 10.2 Å². The molecule has 3 aliphatic rings. The number of rotatable bonds is 8. The minimum absolute atomic E-state index is 0.0338. The molecule has 222 valence electrons. The maximum Gasteiger partial charge on any atom is 0.417 e. The number of amides is 1. The first-order valence-electron chi connectivity index (χ1n) is 12.9. The number of nitrogens with zero attached hydrogens (tertiary/aromatic N) is 2. The molecular formula is C27H35F4N3O6. The van der Waals surface area contributed by atoms with Gasteiger partial charge in [0.1, 0.15) is 30.9 Å². The summed E-state index contributed by atoms with van der Waals surface area (Å²) in [5.41, 5.74) is -2.07. The lowest BCUT2D eigenvalue weighted by Gasteiger charge is -2.32. The molecular weight excluding hydrogens is 538 g/mol. The maximum absolute atomic E-state index is 14.5. The van der Waals surface area contributed by atoms with Gasteiger partial charge >= 0.3 is 6.18 Å². The standard InChI is InChI=1S/C27H35F4N3O6/c1-15-19(28)8-7-18(22(15)37-10-9-36-6)21-16(2)26(5,27(29,30)31)40-23(21)24(35)33-17-11-32-14-34(12-17)20-13-38-25(3,4)39-20/h7-8,11-12,16,20-21,23H,9-10,13-14H2,1-6H3,(H,33,35)/t16?,20-,21?,23?,26?/m0/s1. The highest BCUT2D eigenvalue weighted by molar-refractivity contribution is 5.91. The van der Waals surface area contributed by atoms with E-state index in [0.29, 0.717) is 0 Å². The number of benzene rings is 1. The monoisotopic (exact) mass is 573 g/mol. The van der Waals surface area contributed by atoms with Gasteiger partial charge in [0.25, 0.3) is 5.91 Å². The van der Waals surface area contributed by atoms with Crippen molar-refractivity contribution in [1.29, 1.82) is 0 Å². The average molecular weight is 574 g/mol. The summed E-state index contributed by atoms with van der Waals surface area (Å²) in [6, 6.07) is 2.50. The molecule has 1 aromatic carbocycles. The molecule has 0 radical (unpaired) electrons. The van der Waals surface area contributed by atoms with E-state index in [1.807, 2.05) is 0 Å². The molecule has 1 amide bonds. The number of carbonyl (C=O) groups is 1. The smallest absolute Gasteiger partial charge is 0.417 e. The van der Waals surface area contributed by atoms with Crippen LogP contribution in [0.1, 0.15) is 44.7 Å². The molecule has 5 atom stereocenters. The van der Waals surface area contributed by atoms with Crippen LogP contribution in [0.3, 0.4) is 0 Å². The summed E-state index contributed by atoms with van der Waals surface area (Å²) in [6.07, 6.45) is -3.82. The molecule has 1 N–H and O–H groups in total. The van der Waals surface area contributed by atoms with E-state index in [2.05, 4.69) is 10.3 Å². The van der Waals surface area contributed by atoms with Crippen LogP contribution < -0.4 is 10.1 Å². The van der Waals surface area contributed by atoms with Gasteiger partial charge in [0, 0.05) is 42.5 Å². The van der Waals surface area contributed by atoms with Crippen LogP contribution in [0.4, 0.5) is 17.6 Å². The van der Waals surface area contributed by atoms with Crippen LogP contribution in [0, 0.1) is 18.7 Å². The van der Waals surface area contributed by atoms with Gasteiger partial charge in [-0.1, -0.05) is 13.0 Å². The molecule has 2 fully saturated rings. The van der Waals surface area contributed by atoms with Crippen LogP contribution in [-0.2, 0) is 23.7 Å². The van der Waals surface area contributed by atoms with Gasteiger partial charge in [-0.3, -0.25) is 9.79 Å². The number of halogens is 4. The number of nitrogens with one attached hydrogen (secondary N) is 1. The third kappa shape index (κ3) is 5.83. The normalized spacial score (nSPS) is 29.9. The van der Waals surface area contributed by atoms with E-state index in [9.17, 15) is 22.4 Å². The van der Waals surface area contributed by atoms with Gasteiger partial charge in [0.05, 0.1) is 18.9 Å². The van der Waals surface area contributed by atoms with Gasteiger partial charge in [-0.2, -0.15) is 13.2 Å². The summed E-state index contributed by atoms with van der Waals surface area (Å²) in [6.45, 7) is 8.01. The second-order valence-corrected chi connectivity index (χ2v) is 10.7. The molecule has 3 aliphatic heterocycles. The number of hydrogen-bond acceptors (Lipinski definition) is 8. The maximum atomic E-state index is 14.5. The Morgan fingerprint density at radius 1 is 1.23 bits per heavy atom. The van der Waals surface area contributed by atoms with E-state index in [1.54, 1.807) is 24.9 Å². The Morgan fingerprint density at radius 2 is 1.95 bits per heavy atom. The van der Waals surface area contributed by atoms with Gasteiger partial charge in [-0.25, -0.2) is 4.39 Å². The molecule has 0 aromatic heterocycles. The SMILES string of the molecule is COCCOc1c(C2C(C(=O)NC3=CN([C@@H]4COC(C)(C)O4)CN=C3)OC(C)(C(F)(F)F)C2C)ccc(F)c1C. The van der Waals surface area contributed by atoms with Crippen LogP contribution in [0.15, 0.2) is 29.0 Å². The lowest BCUT2D eigenvalue weighted by atomic mass is 9.76. The Bertz CT molecular complexity index is 1170. The van der Waals surface area contributed by atoms with E-state index >= 15 is 0 Å². The lowest BCUT2D eigenvalue weighted by Crippen LogP contribution is -2.47. The molecule has 4 rings (SSSR count). The number of alkyl halides is 3. The number of methoxy groups -OCH3 is 1. The van der Waals surface area contributed by atoms with Gasteiger partial charge in [0.15, 0.2) is 17.6 Å². The summed E-state index contributed by atoms with van der Waals surface area (Å²) < 4.78 is 85.3. The van der Waals surface area contributed by atoms with Crippen molar-refractivity contribution >= 4 is 12.1 Å². The van der Waals surface area contributed by atoms with Gasteiger partial charge in [-0.05, 0) is 33.8 Å². The average Bonchev–Trinajstić information content (AvgIpc) is 3.39. The van der Waals surface area contributed by atoms with Crippen molar-refractivity contribution in [2.75, 3.05) is 33.6 Å². The van der Waals surface area contributed by atoms with E-state index in [4.69, 9.17) is 23.7 Å². The minimum atomic E-state index is -4.79. The summed E-state index contributed by atoms with van der Waals surface area (Å²) in [5, 5.41) is 2.65. The Balaban J connectivity index is 1.66. The second-order valence-electron chi connectivity index (χ2n) is 10.7. The zero-order chi connectivity index (χ0) is 29.5. The zero-order valence-corrected chi connectivity index (χ0v) is 23.3. The highest BCUT2D eigenvalue weighted by Crippen LogP contribution is 2.55. The van der Waals surface area contributed by atoms with E-state index in [1.165, 1.54) is 33.2 Å². The molecule has 1 aromatic rings. The molecule has 0 bridgehead atoms. The van der Waals surface area contributed by atoms with Gasteiger partial charge in [-0.15, -0.1) is 0 Å². The molecule has 0 spiro atoms. The molecule has 13 heteroatoms. The van der Waals surface area contributed by atoms with E-state index in [0.717, 1.165) is 13.0 Å². The van der Waals surface area contributed by atoms with Gasteiger partial charge < -0.3 is 33.9 Å². The first-order valence-corrected chi connectivity index (χ1v) is 12.9. The fourth-order valence-electron chi connectivity index (χ4n) is 5.16. The van der Waals surface area contributed by atoms with Crippen LogP contribution in [-0.4, -0.2) is 80.5 Å². The second kappa shape index (κ2) is 11.3. The van der Waals surface area contributed by atoms with Crippen molar-refractivity contribution < 1.29 is 46.0 Å². The van der Waals surface area contributed by atoms with Crippen molar-refractivity contribution in [3.8, 4) is 5.75 Å². The predicted molar refractivity (Wildman–Crippen MR) is 136 cm³/mol. The number of ether oxygens (including phenoxy) is 5. The summed E-state index contributed by atoms with van der Waals surface area (Å²) in [7, 11) is 1.46. The third-order valence-electron chi connectivity index (χ3n) is 7.60. The Morgan fingerprint density at radius 3 is 2.58 bits per heavy atom. The van der Waals surface area contributed by atoms with Crippen molar-refractivity contribution in [2.45, 2.75) is 70.4 Å². The van der Waals surface area contributed by atoms with E-state index in [-0.39, 0.29) is 49.1 Å². The van der Waals surface area contributed by atoms with E-state index < -0.39 is 53.5 Å². The fourth-order valence-corrected chi connectivity index (χ4v) is 5.16. The molecule has 3 heterocycles.